The van der Waals surface area contributed by atoms with E-state index in [2.05, 4.69) is 28.9 Å². The summed E-state index contributed by atoms with van der Waals surface area (Å²) in [5, 5.41) is 2.57. The van der Waals surface area contributed by atoms with Crippen molar-refractivity contribution in [1.82, 2.24) is 5.32 Å². The van der Waals surface area contributed by atoms with Crippen molar-refractivity contribution in [3.8, 4) is 0 Å². The predicted octanol–water partition coefficient (Wildman–Crippen LogP) is -4.00. The molecular formula is C6H17NO7P2S2-6. The van der Waals surface area contributed by atoms with Gasteiger partial charge in [-0.1, -0.05) is 14.9 Å². The quantitative estimate of drug-likeness (QED) is 0.467. The summed E-state index contributed by atoms with van der Waals surface area (Å²) in [6.07, 6.45) is 0. The summed E-state index contributed by atoms with van der Waals surface area (Å²) in [6.45, 7) is -4.99. The van der Waals surface area contributed by atoms with E-state index in [9.17, 15) is 4.79 Å². The van der Waals surface area contributed by atoms with Crippen LogP contribution in [-0.4, -0.2) is 12.5 Å². The Kier molecular flexibility index (Phi) is 26.9. The molecule has 0 heterocycles. The molecule has 0 aromatic heterocycles. The normalized spacial score (nSPS) is 9.11. The maximum absolute atomic E-state index is 9.93. The summed E-state index contributed by atoms with van der Waals surface area (Å²) < 4.78 is 0. The van der Waals surface area contributed by atoms with Crippen LogP contribution in [0.3, 0.4) is 0 Å². The fourth-order valence-electron chi connectivity index (χ4n) is 0.249. The average molecular weight is 341 g/mol. The maximum Gasteiger partial charge on any atom is 0.216 e. The average Bonchev–Trinajstić information content (AvgIpc) is 1.76. The van der Waals surface area contributed by atoms with Gasteiger partial charge in [0.1, 0.15) is 0 Å². The van der Waals surface area contributed by atoms with Crippen molar-refractivity contribution in [3.05, 3.63) is 0 Å². The molecule has 1 N–H and O–H groups in total. The highest BCUT2D eigenvalue weighted by molar-refractivity contribution is 8.04. The highest BCUT2D eigenvalue weighted by Gasteiger charge is 1.78. The molecule has 0 aromatic carbocycles. The van der Waals surface area contributed by atoms with Crippen LogP contribution in [-0.2, 0) is 28.4 Å². The van der Waals surface area contributed by atoms with Crippen LogP contribution in [0.25, 0.3) is 0 Å². The Morgan fingerprint density at radius 1 is 1.00 bits per heavy atom. The number of carbonyl (C=O) groups is 1. The lowest BCUT2D eigenvalue weighted by molar-refractivity contribution is -0.413. The molecule has 8 nitrogen and oxygen atoms in total. The first-order chi connectivity index (χ1) is 6.77. The van der Waals surface area contributed by atoms with Gasteiger partial charge >= 0.3 is 0 Å². The molecule has 0 saturated heterocycles. The minimum atomic E-state index is -4.56. The summed E-state index contributed by atoms with van der Waals surface area (Å²) in [5.74, 6) is 0.0394. The summed E-state index contributed by atoms with van der Waals surface area (Å²) >= 11 is 6.54. The Bertz CT molecular complexity index is 241. The second-order valence-electron chi connectivity index (χ2n) is 1.98. The van der Waals surface area contributed by atoms with E-state index in [0.29, 0.717) is 0 Å². The van der Waals surface area contributed by atoms with Crippen molar-refractivity contribution in [1.29, 1.82) is 0 Å². The van der Waals surface area contributed by atoms with E-state index in [4.69, 9.17) is 29.4 Å². The van der Waals surface area contributed by atoms with Gasteiger partial charge in [-0.3, -0.25) is 4.79 Å². The molecule has 0 aliphatic rings. The zero-order chi connectivity index (χ0) is 14.0. The number of nitrogens with one attached hydrogen (secondary N) is 1. The molecule has 0 bridgehead atoms. The summed E-state index contributed by atoms with van der Waals surface area (Å²) in [5.41, 5.74) is 0. The molecule has 116 valence electrons. The van der Waals surface area contributed by atoms with Crippen LogP contribution in [0.2, 0.25) is 0 Å². The number of hydrogen-bond donors (Lipinski definition) is 1. The van der Waals surface area contributed by atoms with Gasteiger partial charge in [0.2, 0.25) is 5.91 Å². The van der Waals surface area contributed by atoms with Gasteiger partial charge in [-0.25, -0.2) is 0 Å². The lowest BCUT2D eigenvalue weighted by Crippen LogP contribution is -2.23. The molecule has 0 radical (unpaired) electrons. The summed E-state index contributed by atoms with van der Waals surface area (Å²) in [4.78, 5) is 63.4. The molecule has 0 aliphatic heterocycles. The van der Waals surface area contributed by atoms with Gasteiger partial charge in [-0.2, -0.15) is 23.6 Å². The largest absolute Gasteiger partial charge is 0.844 e. The highest BCUT2D eigenvalue weighted by Crippen LogP contribution is 2.04. The fraction of sp³-hybridized carbons (Fsp3) is 0.833. The van der Waals surface area contributed by atoms with Crippen molar-refractivity contribution in [2.24, 2.45) is 0 Å². The Morgan fingerprint density at radius 2 is 1.17 bits per heavy atom. The third kappa shape index (κ3) is 320. The van der Waals surface area contributed by atoms with Crippen molar-refractivity contribution in [3.63, 3.8) is 0 Å². The van der Waals surface area contributed by atoms with Crippen LogP contribution < -0.4 is 34.7 Å². The van der Waals surface area contributed by atoms with E-state index < -0.39 is 13.4 Å². The second kappa shape index (κ2) is 15.6. The van der Waals surface area contributed by atoms with Crippen molar-refractivity contribution < 1.29 is 34.2 Å². The van der Waals surface area contributed by atoms with Gasteiger partial charge in [0.05, 0.1) is 0 Å². The SMILES string of the molecule is C.C.CCNC(C)=O.[O-]P([O-])([O-])=S.[O-]P([O-])([O-])=S. The molecular weight excluding hydrogens is 324 g/mol. The zero-order valence-corrected chi connectivity index (χ0v) is 11.7. The van der Waals surface area contributed by atoms with Gasteiger partial charge in [0, 0.05) is 13.5 Å². The number of amides is 1. The second-order valence-corrected chi connectivity index (χ2v) is 6.45. The van der Waals surface area contributed by atoms with Crippen LogP contribution >= 0.6 is 13.4 Å². The van der Waals surface area contributed by atoms with Gasteiger partial charge in [-0.05, 0) is 6.92 Å². The smallest absolute Gasteiger partial charge is 0.216 e. The lowest BCUT2D eigenvalue weighted by atomic mass is 10.6. The Morgan fingerprint density at radius 3 is 1.17 bits per heavy atom. The van der Waals surface area contributed by atoms with E-state index in [1.165, 1.54) is 6.92 Å². The molecule has 0 rings (SSSR count). The molecule has 0 saturated carbocycles. The van der Waals surface area contributed by atoms with E-state index in [1.54, 1.807) is 0 Å². The summed E-state index contributed by atoms with van der Waals surface area (Å²) in [7, 11) is 0. The van der Waals surface area contributed by atoms with Gasteiger partial charge in [-0.15, -0.1) is 0 Å². The van der Waals surface area contributed by atoms with E-state index in [1.807, 2.05) is 6.92 Å². The Labute approximate surface area is 118 Å². The number of hydrogen-bond acceptors (Lipinski definition) is 9. The highest BCUT2D eigenvalue weighted by atomic mass is 32.5. The molecule has 18 heavy (non-hydrogen) atoms. The molecule has 0 unspecified atom stereocenters. The zero-order valence-electron chi connectivity index (χ0n) is 8.28. The number of rotatable bonds is 1. The standard InChI is InChI=1S/C4H9NO.2CH4.2H3O3PS/c1-3-5-4(2)6;;;2*1-4(2,3)5/h3H2,1-2H3,(H,5,6);2*1H4;2*(H3,1,2,3,5)/p-6. The molecule has 0 aromatic rings. The third-order valence-corrected chi connectivity index (χ3v) is 0.426. The first kappa shape index (κ1) is 31.1. The molecule has 0 spiro atoms. The minimum Gasteiger partial charge on any atom is -0.844 e. The van der Waals surface area contributed by atoms with Gasteiger partial charge in [0.25, 0.3) is 0 Å². The third-order valence-electron chi connectivity index (χ3n) is 0.426. The van der Waals surface area contributed by atoms with E-state index >= 15 is 0 Å². The summed E-state index contributed by atoms with van der Waals surface area (Å²) in [6, 6.07) is 0. The first-order valence-electron chi connectivity index (χ1n) is 3.48. The fourth-order valence-corrected chi connectivity index (χ4v) is 0.249. The topological polar surface area (TPSA) is 167 Å². The Balaban J connectivity index is -0.0000000447. The van der Waals surface area contributed by atoms with E-state index in [-0.39, 0.29) is 20.8 Å². The van der Waals surface area contributed by atoms with Gasteiger partial charge in [0.15, 0.2) is 0 Å². The molecule has 0 aliphatic carbocycles. The Hall–Kier alpha value is 0.530. The lowest BCUT2D eigenvalue weighted by Gasteiger charge is -2.43. The molecule has 0 fully saturated rings. The van der Waals surface area contributed by atoms with Gasteiger partial charge < -0.3 is 48.1 Å². The minimum absolute atomic E-state index is 0. The van der Waals surface area contributed by atoms with Crippen LogP contribution in [0.1, 0.15) is 28.7 Å². The van der Waals surface area contributed by atoms with Crippen LogP contribution in [0.15, 0.2) is 0 Å². The van der Waals surface area contributed by atoms with Crippen LogP contribution in [0.4, 0.5) is 0 Å². The van der Waals surface area contributed by atoms with Crippen molar-refractivity contribution in [2.75, 3.05) is 6.54 Å². The predicted molar refractivity (Wildman–Crippen MR) is 66.4 cm³/mol. The first-order valence-corrected chi connectivity index (χ1v) is 8.59. The maximum atomic E-state index is 9.93. The number of carbonyl (C=O) groups excluding carboxylic acids is 1. The molecule has 12 heteroatoms. The monoisotopic (exact) mass is 341 g/mol. The molecule has 1 amide bonds. The van der Waals surface area contributed by atoms with Crippen molar-refractivity contribution >= 4 is 43.0 Å². The van der Waals surface area contributed by atoms with Crippen molar-refractivity contribution in [2.45, 2.75) is 28.7 Å². The molecule has 0 atom stereocenters. The van der Waals surface area contributed by atoms with Crippen LogP contribution in [0.5, 0.6) is 0 Å². The van der Waals surface area contributed by atoms with Crippen LogP contribution in [0, 0.1) is 0 Å². The van der Waals surface area contributed by atoms with E-state index in [0.717, 1.165) is 6.54 Å².